The number of nitrogens with two attached hydrogens (primary N) is 1. The van der Waals surface area contributed by atoms with Crippen LogP contribution in [0.2, 0.25) is 5.02 Å². The van der Waals surface area contributed by atoms with Crippen molar-refractivity contribution in [3.05, 3.63) is 53.6 Å². The highest BCUT2D eigenvalue weighted by Crippen LogP contribution is 2.27. The SMILES string of the molecule is NCCOc1ccc(NC(=O)C2CC(=O)N(c3ccc(Cl)cc3)C2)cc1. The average Bonchev–Trinajstić information content (AvgIpc) is 3.04. The number of anilines is 2. The van der Waals surface area contributed by atoms with Crippen molar-refractivity contribution in [2.75, 3.05) is 29.9 Å². The van der Waals surface area contributed by atoms with Crippen molar-refractivity contribution in [3.63, 3.8) is 0 Å². The second-order valence-corrected chi connectivity index (χ2v) is 6.47. The van der Waals surface area contributed by atoms with Gasteiger partial charge in [-0.05, 0) is 48.5 Å². The molecule has 1 aliphatic rings. The number of halogens is 1. The molecule has 1 aliphatic heterocycles. The minimum absolute atomic E-state index is 0.0713. The number of rotatable bonds is 6. The van der Waals surface area contributed by atoms with Gasteiger partial charge in [0.1, 0.15) is 12.4 Å². The van der Waals surface area contributed by atoms with E-state index in [1.54, 1.807) is 53.4 Å². The Kier molecular flexibility index (Phi) is 5.75. The maximum Gasteiger partial charge on any atom is 0.229 e. The van der Waals surface area contributed by atoms with Gasteiger partial charge in [-0.25, -0.2) is 0 Å². The lowest BCUT2D eigenvalue weighted by molar-refractivity contribution is -0.122. The fraction of sp³-hybridized carbons (Fsp3) is 0.263. The number of ether oxygens (including phenoxy) is 1. The van der Waals surface area contributed by atoms with Crippen molar-refractivity contribution in [1.82, 2.24) is 0 Å². The van der Waals surface area contributed by atoms with E-state index < -0.39 is 5.92 Å². The molecule has 136 valence electrons. The summed E-state index contributed by atoms with van der Waals surface area (Å²) in [5.74, 6) is 0.0493. The molecular weight excluding hydrogens is 354 g/mol. The molecule has 0 aliphatic carbocycles. The molecule has 0 radical (unpaired) electrons. The van der Waals surface area contributed by atoms with E-state index in [0.717, 1.165) is 5.69 Å². The number of hydrogen-bond acceptors (Lipinski definition) is 4. The zero-order valence-corrected chi connectivity index (χ0v) is 14.9. The van der Waals surface area contributed by atoms with E-state index in [1.807, 2.05) is 0 Å². The molecule has 1 heterocycles. The van der Waals surface area contributed by atoms with Crippen LogP contribution in [0.3, 0.4) is 0 Å². The number of amides is 2. The molecule has 6 nitrogen and oxygen atoms in total. The molecule has 1 saturated heterocycles. The molecule has 1 unspecified atom stereocenters. The fourth-order valence-corrected chi connectivity index (χ4v) is 2.94. The lowest BCUT2D eigenvalue weighted by Crippen LogP contribution is -2.28. The molecule has 26 heavy (non-hydrogen) atoms. The summed E-state index contributed by atoms with van der Waals surface area (Å²) < 4.78 is 5.40. The number of hydrogen-bond donors (Lipinski definition) is 2. The van der Waals surface area contributed by atoms with E-state index >= 15 is 0 Å². The molecule has 2 aromatic rings. The van der Waals surface area contributed by atoms with Gasteiger partial charge in [0.2, 0.25) is 11.8 Å². The molecule has 0 aromatic heterocycles. The van der Waals surface area contributed by atoms with Crippen LogP contribution in [0, 0.1) is 5.92 Å². The fourth-order valence-electron chi connectivity index (χ4n) is 2.81. The number of nitrogens with one attached hydrogen (secondary N) is 1. The van der Waals surface area contributed by atoms with Gasteiger partial charge in [-0.15, -0.1) is 0 Å². The number of carbonyl (C=O) groups excluding carboxylic acids is 2. The third-order valence-corrected chi connectivity index (χ3v) is 4.39. The smallest absolute Gasteiger partial charge is 0.229 e. The summed E-state index contributed by atoms with van der Waals surface area (Å²) in [7, 11) is 0. The third-order valence-electron chi connectivity index (χ3n) is 4.14. The second-order valence-electron chi connectivity index (χ2n) is 6.03. The Bertz CT molecular complexity index is 778. The monoisotopic (exact) mass is 373 g/mol. The van der Waals surface area contributed by atoms with Crippen molar-refractivity contribution in [1.29, 1.82) is 0 Å². The van der Waals surface area contributed by atoms with Crippen molar-refractivity contribution in [3.8, 4) is 5.75 Å². The molecule has 3 rings (SSSR count). The highest BCUT2D eigenvalue weighted by atomic mass is 35.5. The van der Waals surface area contributed by atoms with Crippen LogP contribution in [0.25, 0.3) is 0 Å². The van der Waals surface area contributed by atoms with Crippen molar-refractivity contribution in [2.45, 2.75) is 6.42 Å². The lowest BCUT2D eigenvalue weighted by Gasteiger charge is -2.16. The zero-order chi connectivity index (χ0) is 18.5. The van der Waals surface area contributed by atoms with Crippen LogP contribution in [0.15, 0.2) is 48.5 Å². The minimum Gasteiger partial charge on any atom is -0.492 e. The molecule has 0 bridgehead atoms. The number of benzene rings is 2. The second kappa shape index (κ2) is 8.21. The molecule has 2 amide bonds. The summed E-state index contributed by atoms with van der Waals surface area (Å²) in [6.45, 7) is 1.23. The van der Waals surface area contributed by atoms with Gasteiger partial charge in [-0.3, -0.25) is 9.59 Å². The molecule has 1 atom stereocenters. The summed E-state index contributed by atoms with van der Waals surface area (Å²) >= 11 is 5.88. The van der Waals surface area contributed by atoms with Crippen LogP contribution in [0.5, 0.6) is 5.75 Å². The van der Waals surface area contributed by atoms with Gasteiger partial charge in [0.15, 0.2) is 0 Å². The van der Waals surface area contributed by atoms with E-state index in [-0.39, 0.29) is 18.2 Å². The molecule has 0 saturated carbocycles. The Balaban J connectivity index is 1.60. The van der Waals surface area contributed by atoms with Gasteiger partial charge >= 0.3 is 0 Å². The first-order chi connectivity index (χ1) is 12.6. The highest BCUT2D eigenvalue weighted by Gasteiger charge is 2.35. The maximum atomic E-state index is 12.5. The largest absolute Gasteiger partial charge is 0.492 e. The van der Waals surface area contributed by atoms with Gasteiger partial charge in [0.05, 0.1) is 5.92 Å². The van der Waals surface area contributed by atoms with E-state index in [0.29, 0.717) is 36.2 Å². The average molecular weight is 374 g/mol. The minimum atomic E-state index is -0.397. The standard InChI is InChI=1S/C19H20ClN3O3/c20-14-1-5-16(6-2-14)23-12-13(11-18(23)24)19(25)22-15-3-7-17(8-4-15)26-10-9-21/h1-8,13H,9-12,21H2,(H,22,25). The topological polar surface area (TPSA) is 84.7 Å². The molecular formula is C19H20ClN3O3. The predicted molar refractivity (Wildman–Crippen MR) is 102 cm³/mol. The normalized spacial score (nSPS) is 16.6. The zero-order valence-electron chi connectivity index (χ0n) is 14.2. The lowest BCUT2D eigenvalue weighted by atomic mass is 10.1. The summed E-state index contributed by atoms with van der Waals surface area (Å²) in [5.41, 5.74) is 6.80. The first-order valence-corrected chi connectivity index (χ1v) is 8.74. The van der Waals surface area contributed by atoms with Gasteiger partial charge in [0.25, 0.3) is 0 Å². The van der Waals surface area contributed by atoms with Crippen LogP contribution in [-0.2, 0) is 9.59 Å². The Morgan fingerprint density at radius 2 is 1.88 bits per heavy atom. The van der Waals surface area contributed by atoms with Crippen LogP contribution in [0.4, 0.5) is 11.4 Å². The highest BCUT2D eigenvalue weighted by molar-refractivity contribution is 6.30. The van der Waals surface area contributed by atoms with Gasteiger partial charge < -0.3 is 20.7 Å². The van der Waals surface area contributed by atoms with Crippen LogP contribution >= 0.6 is 11.6 Å². The van der Waals surface area contributed by atoms with Crippen LogP contribution in [-0.4, -0.2) is 31.5 Å². The van der Waals surface area contributed by atoms with Crippen molar-refractivity contribution < 1.29 is 14.3 Å². The first kappa shape index (κ1) is 18.2. The molecule has 2 aromatic carbocycles. The third kappa shape index (κ3) is 4.33. The predicted octanol–water partition coefficient (Wildman–Crippen LogP) is 2.67. The number of nitrogens with zero attached hydrogens (tertiary/aromatic N) is 1. The molecule has 7 heteroatoms. The van der Waals surface area contributed by atoms with Gasteiger partial charge in [0, 0.05) is 35.9 Å². The molecule has 1 fully saturated rings. The Labute approximate surface area is 156 Å². The van der Waals surface area contributed by atoms with Crippen molar-refractivity contribution >= 4 is 34.8 Å². The number of carbonyl (C=O) groups is 2. The summed E-state index contributed by atoms with van der Waals surface area (Å²) in [6, 6.07) is 14.1. The van der Waals surface area contributed by atoms with Gasteiger partial charge in [-0.2, -0.15) is 0 Å². The summed E-state index contributed by atoms with van der Waals surface area (Å²) in [4.78, 5) is 26.4. The quantitative estimate of drug-likeness (QED) is 0.815. The van der Waals surface area contributed by atoms with Gasteiger partial charge in [-0.1, -0.05) is 11.6 Å². The van der Waals surface area contributed by atoms with Crippen LogP contribution < -0.4 is 20.7 Å². The maximum absolute atomic E-state index is 12.5. The van der Waals surface area contributed by atoms with E-state index in [2.05, 4.69) is 5.32 Å². The summed E-state index contributed by atoms with van der Waals surface area (Å²) in [5, 5.41) is 3.45. The van der Waals surface area contributed by atoms with Crippen molar-refractivity contribution in [2.24, 2.45) is 11.7 Å². The Morgan fingerprint density at radius 3 is 2.54 bits per heavy atom. The van der Waals surface area contributed by atoms with E-state index in [1.165, 1.54) is 0 Å². The van der Waals surface area contributed by atoms with E-state index in [4.69, 9.17) is 22.1 Å². The van der Waals surface area contributed by atoms with Crippen LogP contribution in [0.1, 0.15) is 6.42 Å². The Morgan fingerprint density at radius 1 is 1.19 bits per heavy atom. The van der Waals surface area contributed by atoms with E-state index in [9.17, 15) is 9.59 Å². The Hall–Kier alpha value is -2.57. The first-order valence-electron chi connectivity index (χ1n) is 8.36. The molecule has 0 spiro atoms. The summed E-state index contributed by atoms with van der Waals surface area (Å²) in [6.07, 6.45) is 0.187. The molecule has 3 N–H and O–H groups in total.